The van der Waals surface area contributed by atoms with E-state index in [1.54, 1.807) is 18.2 Å². The zero-order valence-corrected chi connectivity index (χ0v) is 8.98. The monoisotopic (exact) mass is 264 g/mol. The van der Waals surface area contributed by atoms with Crippen molar-refractivity contribution < 1.29 is 9.18 Å². The number of hydrogen-bond acceptors (Lipinski definition) is 1. The van der Waals surface area contributed by atoms with Crippen LogP contribution >= 0.6 is 27.5 Å². The maximum Gasteiger partial charge on any atom is 0.256 e. The molecule has 0 spiro atoms. The molecule has 1 atom stereocenters. The number of alkyl halides is 1. The van der Waals surface area contributed by atoms with Gasteiger partial charge in [-0.2, -0.15) is 0 Å². The average molecular weight is 266 g/mol. The molecular weight excluding hydrogens is 258 g/mol. The predicted octanol–water partition coefficient (Wildman–Crippen LogP) is 3.10. The van der Waals surface area contributed by atoms with Crippen molar-refractivity contribution in [3.05, 3.63) is 34.3 Å². The molecule has 0 bridgehead atoms. The minimum atomic E-state index is -1.62. The Morgan fingerprint density at radius 3 is 2.69 bits per heavy atom. The summed E-state index contributed by atoms with van der Waals surface area (Å²) in [5.74, 6) is 0. The topological polar surface area (TPSA) is 17.1 Å². The first-order valence-electron chi connectivity index (χ1n) is 3.68. The maximum absolute atomic E-state index is 12.9. The van der Waals surface area contributed by atoms with E-state index in [0.29, 0.717) is 0 Å². The van der Waals surface area contributed by atoms with Gasteiger partial charge in [0.05, 0.1) is 0 Å². The van der Waals surface area contributed by atoms with Gasteiger partial charge in [-0.15, -0.1) is 0 Å². The van der Waals surface area contributed by atoms with Crippen LogP contribution in [0.4, 0.5) is 4.39 Å². The van der Waals surface area contributed by atoms with Gasteiger partial charge in [-0.25, -0.2) is 4.39 Å². The molecule has 0 saturated carbocycles. The molecule has 0 aliphatic rings. The van der Waals surface area contributed by atoms with Crippen molar-refractivity contribution in [2.75, 3.05) is 0 Å². The van der Waals surface area contributed by atoms with Gasteiger partial charge in [0.1, 0.15) is 0 Å². The van der Waals surface area contributed by atoms with Gasteiger partial charge in [0.2, 0.25) is 0 Å². The number of rotatable bonds is 3. The van der Waals surface area contributed by atoms with Crippen LogP contribution < -0.4 is 0 Å². The van der Waals surface area contributed by atoms with E-state index in [9.17, 15) is 9.18 Å². The molecule has 0 aromatic heterocycles. The zero-order valence-electron chi connectivity index (χ0n) is 6.64. The fourth-order valence-electron chi connectivity index (χ4n) is 0.937. The Morgan fingerprint density at radius 1 is 1.54 bits per heavy atom. The molecule has 0 aliphatic heterocycles. The van der Waals surface area contributed by atoms with Gasteiger partial charge in [0, 0.05) is 10.9 Å². The average Bonchev–Trinajstić information content (AvgIpc) is 2.08. The summed E-state index contributed by atoms with van der Waals surface area (Å²) in [6.07, 6.45) is -1.61. The van der Waals surface area contributed by atoms with Crippen LogP contribution in [0.2, 0.25) is 0 Å². The van der Waals surface area contributed by atoms with Crippen LogP contribution in [0.15, 0.2) is 28.7 Å². The lowest BCUT2D eigenvalue weighted by atomic mass is 10.1. The Balaban J connectivity index is 2.74. The third-order valence-corrected chi connectivity index (χ3v) is 2.61. The van der Waals surface area contributed by atoms with Crippen LogP contribution in [0.3, 0.4) is 0 Å². The molecule has 0 fully saturated rings. The fraction of sp³-hybridized carbons (Fsp3) is 0.222. The molecule has 0 N–H and O–H groups in total. The van der Waals surface area contributed by atoms with Gasteiger partial charge in [0.25, 0.3) is 5.24 Å². The fourth-order valence-corrected chi connectivity index (χ4v) is 1.46. The van der Waals surface area contributed by atoms with Crippen molar-refractivity contribution in [1.82, 2.24) is 0 Å². The molecule has 1 rings (SSSR count). The normalized spacial score (nSPS) is 12.5. The standard InChI is InChI=1S/C9H7BrClFO/c10-7-4-2-1-3-6(7)5-8(12)9(11)13/h1-4,8H,5H2. The molecule has 1 aromatic carbocycles. The third-order valence-electron chi connectivity index (χ3n) is 1.60. The van der Waals surface area contributed by atoms with Gasteiger partial charge in [-0.3, -0.25) is 4.79 Å². The second-order valence-electron chi connectivity index (χ2n) is 2.57. The van der Waals surface area contributed by atoms with Crippen molar-refractivity contribution in [3.63, 3.8) is 0 Å². The van der Waals surface area contributed by atoms with Crippen molar-refractivity contribution in [2.24, 2.45) is 0 Å². The van der Waals surface area contributed by atoms with Crippen LogP contribution in [0.1, 0.15) is 5.56 Å². The van der Waals surface area contributed by atoms with Gasteiger partial charge in [0.15, 0.2) is 6.17 Å². The highest BCUT2D eigenvalue weighted by atomic mass is 79.9. The number of halogens is 3. The van der Waals surface area contributed by atoms with Gasteiger partial charge >= 0.3 is 0 Å². The summed E-state index contributed by atoms with van der Waals surface area (Å²) in [6.45, 7) is 0. The summed E-state index contributed by atoms with van der Waals surface area (Å²) in [7, 11) is 0. The summed E-state index contributed by atoms with van der Waals surface area (Å²) >= 11 is 8.25. The molecule has 0 heterocycles. The predicted molar refractivity (Wildman–Crippen MR) is 53.6 cm³/mol. The molecule has 0 amide bonds. The van der Waals surface area contributed by atoms with Gasteiger partial charge < -0.3 is 0 Å². The maximum atomic E-state index is 12.9. The molecule has 70 valence electrons. The Labute approximate surface area is 89.0 Å². The second kappa shape index (κ2) is 4.72. The first kappa shape index (κ1) is 10.7. The van der Waals surface area contributed by atoms with E-state index in [1.807, 2.05) is 6.07 Å². The van der Waals surface area contributed by atoms with Gasteiger partial charge in [-0.05, 0) is 23.2 Å². The lowest BCUT2D eigenvalue weighted by Crippen LogP contribution is -2.12. The van der Waals surface area contributed by atoms with Gasteiger partial charge in [-0.1, -0.05) is 34.1 Å². The molecule has 1 aromatic rings. The van der Waals surface area contributed by atoms with Crippen molar-refractivity contribution in [2.45, 2.75) is 12.6 Å². The highest BCUT2D eigenvalue weighted by Crippen LogP contribution is 2.18. The van der Waals surface area contributed by atoms with Crippen LogP contribution in [-0.2, 0) is 11.2 Å². The van der Waals surface area contributed by atoms with Crippen molar-refractivity contribution >= 4 is 32.8 Å². The number of hydrogen-bond donors (Lipinski definition) is 0. The summed E-state index contributed by atoms with van der Waals surface area (Å²) in [5.41, 5.74) is 0.740. The first-order valence-corrected chi connectivity index (χ1v) is 4.85. The smallest absolute Gasteiger partial charge is 0.256 e. The highest BCUT2D eigenvalue weighted by Gasteiger charge is 2.15. The first-order chi connectivity index (χ1) is 6.11. The van der Waals surface area contributed by atoms with E-state index in [2.05, 4.69) is 15.9 Å². The third kappa shape index (κ3) is 3.08. The Kier molecular flexibility index (Phi) is 3.88. The Hall–Kier alpha value is -0.410. The Bertz CT molecular complexity index is 316. The quantitative estimate of drug-likeness (QED) is 0.768. The molecule has 0 aliphatic carbocycles. The minimum Gasteiger partial charge on any atom is -0.278 e. The van der Waals surface area contributed by atoms with Crippen molar-refractivity contribution in [1.29, 1.82) is 0 Å². The zero-order chi connectivity index (χ0) is 9.84. The van der Waals surface area contributed by atoms with E-state index >= 15 is 0 Å². The Morgan fingerprint density at radius 2 is 2.15 bits per heavy atom. The number of carbonyl (C=O) groups is 1. The highest BCUT2D eigenvalue weighted by molar-refractivity contribution is 9.10. The van der Waals surface area contributed by atoms with E-state index < -0.39 is 11.4 Å². The second-order valence-corrected chi connectivity index (χ2v) is 3.79. The lowest BCUT2D eigenvalue weighted by molar-refractivity contribution is -0.115. The number of benzene rings is 1. The van der Waals surface area contributed by atoms with E-state index in [-0.39, 0.29) is 6.42 Å². The van der Waals surface area contributed by atoms with Crippen molar-refractivity contribution in [3.8, 4) is 0 Å². The van der Waals surface area contributed by atoms with E-state index in [4.69, 9.17) is 11.6 Å². The molecule has 0 radical (unpaired) electrons. The molecule has 1 unspecified atom stereocenters. The summed E-state index contributed by atoms with van der Waals surface area (Å²) in [5, 5.41) is -0.948. The molecular formula is C9H7BrClFO. The molecule has 13 heavy (non-hydrogen) atoms. The van der Waals surface area contributed by atoms with E-state index in [1.165, 1.54) is 0 Å². The summed E-state index contributed by atoms with van der Waals surface area (Å²) in [6, 6.07) is 7.14. The molecule has 1 nitrogen and oxygen atoms in total. The van der Waals surface area contributed by atoms with Crippen LogP contribution in [-0.4, -0.2) is 11.4 Å². The number of carbonyl (C=O) groups excluding carboxylic acids is 1. The minimum absolute atomic E-state index is 0.0176. The largest absolute Gasteiger partial charge is 0.278 e. The lowest BCUT2D eigenvalue weighted by Gasteiger charge is -2.04. The van der Waals surface area contributed by atoms with Crippen LogP contribution in [0, 0.1) is 0 Å². The van der Waals surface area contributed by atoms with Crippen LogP contribution in [0.25, 0.3) is 0 Å². The molecule has 4 heteroatoms. The SMILES string of the molecule is O=C(Cl)C(F)Cc1ccccc1Br. The summed E-state index contributed by atoms with van der Waals surface area (Å²) < 4.78 is 13.7. The van der Waals surface area contributed by atoms with E-state index in [0.717, 1.165) is 10.0 Å². The summed E-state index contributed by atoms with van der Waals surface area (Å²) in [4.78, 5) is 10.4. The molecule has 0 saturated heterocycles. The van der Waals surface area contributed by atoms with Crippen LogP contribution in [0.5, 0.6) is 0 Å².